The van der Waals surface area contributed by atoms with E-state index in [0.29, 0.717) is 17.2 Å². The topological polar surface area (TPSA) is 26.3 Å². The van der Waals surface area contributed by atoms with Crippen molar-refractivity contribution in [2.45, 2.75) is 34.6 Å². The lowest BCUT2D eigenvalue weighted by atomic mass is 10.2. The highest BCUT2D eigenvalue weighted by molar-refractivity contribution is 6.30. The number of esters is 1. The molecular formula is C13H21ClO2. The zero-order chi connectivity index (χ0) is 13.0. The first-order valence-corrected chi connectivity index (χ1v) is 6.04. The second kappa shape index (κ2) is 12.1. The van der Waals surface area contributed by atoms with Crippen LogP contribution in [0.5, 0.6) is 0 Å². The number of rotatable bonds is 2. The lowest BCUT2D eigenvalue weighted by molar-refractivity contribution is 0.0526. The van der Waals surface area contributed by atoms with E-state index in [1.165, 1.54) is 0 Å². The van der Waals surface area contributed by atoms with Gasteiger partial charge in [-0.3, -0.25) is 0 Å². The van der Waals surface area contributed by atoms with E-state index in [0.717, 1.165) is 0 Å². The van der Waals surface area contributed by atoms with Crippen molar-refractivity contribution in [3.8, 4) is 0 Å². The summed E-state index contributed by atoms with van der Waals surface area (Å²) in [4.78, 5) is 11.1. The number of hydrogen-bond donors (Lipinski definition) is 0. The van der Waals surface area contributed by atoms with Crippen molar-refractivity contribution in [1.29, 1.82) is 0 Å². The summed E-state index contributed by atoms with van der Waals surface area (Å²) >= 11 is 5.64. The van der Waals surface area contributed by atoms with Gasteiger partial charge < -0.3 is 4.74 Å². The van der Waals surface area contributed by atoms with E-state index >= 15 is 0 Å². The Hall–Kier alpha value is -1.02. The molecule has 0 aliphatic carbocycles. The number of carbonyl (C=O) groups excluding carboxylic acids is 1. The number of carbonyl (C=O) groups is 1. The summed E-state index contributed by atoms with van der Waals surface area (Å²) in [7, 11) is 0. The van der Waals surface area contributed by atoms with Crippen molar-refractivity contribution in [1.82, 2.24) is 0 Å². The van der Waals surface area contributed by atoms with E-state index in [1.54, 1.807) is 31.2 Å². The Bertz CT molecular complexity index is 268. The predicted molar refractivity (Wildman–Crippen MR) is 70.1 cm³/mol. The zero-order valence-electron chi connectivity index (χ0n) is 10.7. The summed E-state index contributed by atoms with van der Waals surface area (Å²) in [6.45, 7) is 10.2. The van der Waals surface area contributed by atoms with Crippen LogP contribution in [0.4, 0.5) is 0 Å². The highest BCUT2D eigenvalue weighted by Crippen LogP contribution is 2.10. The van der Waals surface area contributed by atoms with E-state index in [-0.39, 0.29) is 5.97 Å². The van der Waals surface area contributed by atoms with E-state index in [2.05, 4.69) is 0 Å². The summed E-state index contributed by atoms with van der Waals surface area (Å²) in [6.07, 6.45) is 0. The molecule has 3 heteroatoms. The van der Waals surface area contributed by atoms with Crippen molar-refractivity contribution in [2.24, 2.45) is 0 Å². The van der Waals surface area contributed by atoms with E-state index < -0.39 is 0 Å². The lowest BCUT2D eigenvalue weighted by Crippen LogP contribution is -2.03. The standard InChI is InChI=1S/C9H9ClO2.2C2H6/c1-2-12-9(11)7-3-5-8(10)6-4-7;2*1-2/h3-6H,2H2,1H3;2*1-2H3. The SMILES string of the molecule is CC.CC.CCOC(=O)c1ccc(Cl)cc1. The van der Waals surface area contributed by atoms with Crippen molar-refractivity contribution in [3.05, 3.63) is 34.9 Å². The number of hydrogen-bond acceptors (Lipinski definition) is 2. The first-order chi connectivity index (χ1) is 7.74. The molecule has 0 bridgehead atoms. The van der Waals surface area contributed by atoms with Crippen molar-refractivity contribution < 1.29 is 9.53 Å². The monoisotopic (exact) mass is 244 g/mol. The van der Waals surface area contributed by atoms with Crippen LogP contribution in [-0.2, 0) is 4.74 Å². The molecule has 0 radical (unpaired) electrons. The minimum atomic E-state index is -0.311. The molecule has 0 aliphatic rings. The normalized spacial score (nSPS) is 7.88. The van der Waals surface area contributed by atoms with Crippen LogP contribution in [0, 0.1) is 0 Å². The van der Waals surface area contributed by atoms with Gasteiger partial charge in [0.2, 0.25) is 0 Å². The van der Waals surface area contributed by atoms with Crippen molar-refractivity contribution in [2.75, 3.05) is 6.61 Å². The highest BCUT2D eigenvalue weighted by atomic mass is 35.5. The third-order valence-electron chi connectivity index (χ3n) is 1.36. The van der Waals surface area contributed by atoms with Crippen molar-refractivity contribution in [3.63, 3.8) is 0 Å². The second-order valence-corrected chi connectivity index (χ2v) is 2.66. The quantitative estimate of drug-likeness (QED) is 0.713. The van der Waals surface area contributed by atoms with Crippen molar-refractivity contribution >= 4 is 17.6 Å². The minimum absolute atomic E-state index is 0.311. The molecule has 0 fully saturated rings. The molecule has 16 heavy (non-hydrogen) atoms. The molecule has 1 aromatic carbocycles. The van der Waals surface area contributed by atoms with Gasteiger partial charge in [0.25, 0.3) is 0 Å². The van der Waals surface area contributed by atoms with Gasteiger partial charge in [-0.1, -0.05) is 39.3 Å². The molecule has 92 valence electrons. The van der Waals surface area contributed by atoms with E-state index in [4.69, 9.17) is 16.3 Å². The molecule has 0 atom stereocenters. The first kappa shape index (κ1) is 17.4. The van der Waals surface area contributed by atoms with Gasteiger partial charge in [-0.15, -0.1) is 0 Å². The Kier molecular flexibility index (Phi) is 13.1. The Morgan fingerprint density at radius 3 is 1.94 bits per heavy atom. The average Bonchev–Trinajstić information content (AvgIpc) is 2.35. The average molecular weight is 245 g/mol. The number of ether oxygens (including phenoxy) is 1. The third kappa shape index (κ3) is 7.30. The highest BCUT2D eigenvalue weighted by Gasteiger charge is 2.04. The summed E-state index contributed by atoms with van der Waals surface area (Å²) in [5.41, 5.74) is 0.529. The largest absolute Gasteiger partial charge is 0.462 e. The summed E-state index contributed by atoms with van der Waals surface area (Å²) < 4.78 is 4.79. The Labute approximate surface area is 104 Å². The van der Waals surface area contributed by atoms with Gasteiger partial charge in [0, 0.05) is 5.02 Å². The van der Waals surface area contributed by atoms with Crippen LogP contribution in [0.1, 0.15) is 45.0 Å². The molecule has 2 nitrogen and oxygen atoms in total. The van der Waals surface area contributed by atoms with Crippen LogP contribution < -0.4 is 0 Å². The molecule has 0 amide bonds. The zero-order valence-corrected chi connectivity index (χ0v) is 11.5. The Morgan fingerprint density at radius 2 is 1.56 bits per heavy atom. The smallest absolute Gasteiger partial charge is 0.338 e. The van der Waals surface area contributed by atoms with Crippen LogP contribution >= 0.6 is 11.6 Å². The van der Waals surface area contributed by atoms with Gasteiger partial charge >= 0.3 is 5.97 Å². The molecule has 0 aromatic heterocycles. The van der Waals surface area contributed by atoms with Crippen LogP contribution in [0.25, 0.3) is 0 Å². The van der Waals surface area contributed by atoms with Gasteiger partial charge in [-0.25, -0.2) is 4.79 Å². The lowest BCUT2D eigenvalue weighted by Gasteiger charge is -2.00. The molecule has 0 unspecified atom stereocenters. The predicted octanol–water partition coefficient (Wildman–Crippen LogP) is 4.57. The minimum Gasteiger partial charge on any atom is -0.462 e. The molecule has 0 aliphatic heterocycles. The van der Waals surface area contributed by atoms with Crippen LogP contribution in [0.2, 0.25) is 5.02 Å². The first-order valence-electron chi connectivity index (χ1n) is 5.66. The fraction of sp³-hybridized carbons (Fsp3) is 0.462. The molecule has 1 aromatic rings. The molecule has 0 spiro atoms. The summed E-state index contributed by atoms with van der Waals surface area (Å²) in [6, 6.07) is 6.60. The maximum atomic E-state index is 11.1. The van der Waals surface area contributed by atoms with E-state index in [9.17, 15) is 4.79 Å². The van der Waals surface area contributed by atoms with Gasteiger partial charge in [0.1, 0.15) is 0 Å². The summed E-state index contributed by atoms with van der Waals surface area (Å²) in [5.74, 6) is -0.311. The number of benzene rings is 1. The second-order valence-electron chi connectivity index (χ2n) is 2.23. The molecule has 0 saturated heterocycles. The van der Waals surface area contributed by atoms with E-state index in [1.807, 2.05) is 27.7 Å². The molecular weight excluding hydrogens is 224 g/mol. The summed E-state index contributed by atoms with van der Waals surface area (Å²) in [5, 5.41) is 0.614. The molecule has 0 heterocycles. The molecule has 0 N–H and O–H groups in total. The number of halogens is 1. The van der Waals surface area contributed by atoms with Gasteiger partial charge in [-0.05, 0) is 31.2 Å². The van der Waals surface area contributed by atoms with Crippen LogP contribution in [0.3, 0.4) is 0 Å². The van der Waals surface area contributed by atoms with Gasteiger partial charge in [0.05, 0.1) is 12.2 Å². The fourth-order valence-corrected chi connectivity index (χ4v) is 0.926. The maximum absolute atomic E-state index is 11.1. The fourth-order valence-electron chi connectivity index (χ4n) is 0.800. The third-order valence-corrected chi connectivity index (χ3v) is 1.61. The Balaban J connectivity index is 0. The van der Waals surface area contributed by atoms with Crippen LogP contribution in [-0.4, -0.2) is 12.6 Å². The van der Waals surface area contributed by atoms with Crippen LogP contribution in [0.15, 0.2) is 24.3 Å². The molecule has 0 saturated carbocycles. The molecule has 1 rings (SSSR count). The Morgan fingerprint density at radius 1 is 1.12 bits per heavy atom. The van der Waals surface area contributed by atoms with Gasteiger partial charge in [0.15, 0.2) is 0 Å². The maximum Gasteiger partial charge on any atom is 0.338 e. The van der Waals surface area contributed by atoms with Gasteiger partial charge in [-0.2, -0.15) is 0 Å².